The fourth-order valence-electron chi connectivity index (χ4n) is 9.11. The molecule has 0 aromatic heterocycles. The largest absolute Gasteiger partial charge is 0.459 e. The maximum atomic E-state index is 14.1. The fraction of sp³-hybridized carbons (Fsp3) is 0.467. The van der Waals surface area contributed by atoms with Gasteiger partial charge in [-0.2, -0.15) is 0 Å². The van der Waals surface area contributed by atoms with Crippen LogP contribution in [-0.4, -0.2) is 71.7 Å². The van der Waals surface area contributed by atoms with E-state index in [0.29, 0.717) is 24.0 Å². The van der Waals surface area contributed by atoms with Crippen LogP contribution in [0.5, 0.6) is 0 Å². The van der Waals surface area contributed by atoms with Gasteiger partial charge in [0.25, 0.3) is 0 Å². The molecule has 7 rings (SSSR count). The van der Waals surface area contributed by atoms with Crippen LogP contribution in [0, 0.1) is 11.3 Å². The summed E-state index contributed by atoms with van der Waals surface area (Å²) in [7, 11) is 0. The Labute approximate surface area is 322 Å². The summed E-state index contributed by atoms with van der Waals surface area (Å²) in [6.45, 7) is 11.0. The number of epoxide rings is 2. The number of carbonyl (C=O) groups excluding carboxylic acids is 4. The first-order valence-corrected chi connectivity index (χ1v) is 19.1. The third-order valence-electron chi connectivity index (χ3n) is 12.0. The van der Waals surface area contributed by atoms with E-state index >= 15 is 0 Å². The van der Waals surface area contributed by atoms with Gasteiger partial charge in [-0.05, 0) is 75.8 Å². The average molecular weight is 751 g/mol. The minimum absolute atomic E-state index is 0.0307. The van der Waals surface area contributed by atoms with Gasteiger partial charge < -0.3 is 28.4 Å². The molecular formula is C45H50O10. The number of hydrogen-bond donors (Lipinski definition) is 0. The molecule has 10 atom stereocenters. The van der Waals surface area contributed by atoms with Crippen LogP contribution in [0.3, 0.4) is 0 Å². The maximum absolute atomic E-state index is 14.1. The van der Waals surface area contributed by atoms with Gasteiger partial charge in [-0.25, -0.2) is 4.79 Å². The van der Waals surface area contributed by atoms with Crippen LogP contribution in [-0.2, 0) is 55.6 Å². The highest BCUT2D eigenvalue weighted by atomic mass is 16.7. The Balaban J connectivity index is 1.38. The van der Waals surface area contributed by atoms with E-state index in [1.807, 2.05) is 101 Å². The molecule has 4 aliphatic rings. The van der Waals surface area contributed by atoms with Gasteiger partial charge >= 0.3 is 23.9 Å². The first kappa shape index (κ1) is 38.5. The number of benzene rings is 3. The summed E-state index contributed by atoms with van der Waals surface area (Å²) in [5.41, 5.74) is 0.697. The van der Waals surface area contributed by atoms with Gasteiger partial charge in [-0.1, -0.05) is 91.4 Å². The van der Waals surface area contributed by atoms with Crippen molar-refractivity contribution in [2.75, 3.05) is 0 Å². The van der Waals surface area contributed by atoms with E-state index in [1.54, 1.807) is 24.3 Å². The van der Waals surface area contributed by atoms with Gasteiger partial charge in [0, 0.05) is 18.3 Å². The van der Waals surface area contributed by atoms with E-state index in [-0.39, 0.29) is 25.4 Å². The molecule has 10 heteroatoms. The first-order chi connectivity index (χ1) is 26.2. The summed E-state index contributed by atoms with van der Waals surface area (Å²) < 4.78 is 38.7. The summed E-state index contributed by atoms with van der Waals surface area (Å²) in [5.74, 6) is -2.84. The Kier molecular flexibility index (Phi) is 10.5. The molecule has 3 aromatic rings. The highest BCUT2D eigenvalue weighted by Gasteiger charge is 2.72. The topological polar surface area (TPSA) is 130 Å². The zero-order valence-corrected chi connectivity index (χ0v) is 32.3. The standard InChI is InChI=1S/C45H50O10/c1-27(2)36-32(51-42(49)31-20-14-9-15-21-31)26-43(4)37(36)38(52-34(47)24-29-16-10-7-11-17-29)39(50-28(3)46)45(6)33(54-45)22-23-44(5)41(55-44)40(43)53-35(48)25-30-18-12-8-13-19-30/h7-21,32-33,37-41H,22-26H2,1-6H3/t32-,33-,37?,38+,39-,40-,41+,43+,44+,45-/m1/s1. The number of fused-ring (bicyclic) bond motifs is 3. The van der Waals surface area contributed by atoms with Crippen molar-refractivity contribution in [3.63, 3.8) is 0 Å². The van der Waals surface area contributed by atoms with Crippen LogP contribution in [0.4, 0.5) is 0 Å². The molecule has 3 aromatic carbocycles. The van der Waals surface area contributed by atoms with Crippen molar-refractivity contribution in [2.45, 2.75) is 121 Å². The van der Waals surface area contributed by atoms with E-state index in [0.717, 1.165) is 16.7 Å². The van der Waals surface area contributed by atoms with Crippen LogP contribution >= 0.6 is 0 Å². The van der Waals surface area contributed by atoms with Gasteiger partial charge in [0.05, 0.1) is 30.1 Å². The minimum atomic E-state index is -1.14. The molecule has 1 unspecified atom stereocenters. The van der Waals surface area contributed by atoms with E-state index in [2.05, 4.69) is 0 Å². The summed E-state index contributed by atoms with van der Waals surface area (Å²) in [4.78, 5) is 55.0. The van der Waals surface area contributed by atoms with Crippen molar-refractivity contribution in [3.05, 3.63) is 119 Å². The van der Waals surface area contributed by atoms with Crippen LogP contribution in [0.2, 0.25) is 0 Å². The lowest BCUT2D eigenvalue weighted by Gasteiger charge is -2.44. The molecule has 2 saturated heterocycles. The number of ether oxygens (including phenoxy) is 6. The van der Waals surface area contributed by atoms with Crippen molar-refractivity contribution in [1.82, 2.24) is 0 Å². The fourth-order valence-corrected chi connectivity index (χ4v) is 9.11. The molecule has 2 aliphatic heterocycles. The smallest absolute Gasteiger partial charge is 0.338 e. The second-order valence-corrected chi connectivity index (χ2v) is 16.3. The Bertz CT molecular complexity index is 1940. The molecule has 0 N–H and O–H groups in total. The highest BCUT2D eigenvalue weighted by Crippen LogP contribution is 2.62. The van der Waals surface area contributed by atoms with Crippen molar-refractivity contribution in [3.8, 4) is 0 Å². The zero-order chi connectivity index (χ0) is 39.1. The second-order valence-electron chi connectivity index (χ2n) is 16.3. The highest BCUT2D eigenvalue weighted by molar-refractivity contribution is 5.89. The van der Waals surface area contributed by atoms with Gasteiger partial charge in [-0.3, -0.25) is 14.4 Å². The molecule has 290 valence electrons. The molecule has 4 fully saturated rings. The monoisotopic (exact) mass is 750 g/mol. The molecule has 0 spiro atoms. The van der Waals surface area contributed by atoms with Gasteiger partial charge in [0.15, 0.2) is 6.10 Å². The number of rotatable bonds is 9. The van der Waals surface area contributed by atoms with Gasteiger partial charge in [0.1, 0.15) is 30.0 Å². The van der Waals surface area contributed by atoms with E-state index in [1.165, 1.54) is 6.92 Å². The minimum Gasteiger partial charge on any atom is -0.459 e. The summed E-state index contributed by atoms with van der Waals surface area (Å²) in [5, 5.41) is 0. The van der Waals surface area contributed by atoms with Crippen LogP contribution in [0.25, 0.3) is 0 Å². The molecule has 0 radical (unpaired) electrons. The Morgan fingerprint density at radius 2 is 1.25 bits per heavy atom. The lowest BCUT2D eigenvalue weighted by molar-refractivity contribution is -0.186. The van der Waals surface area contributed by atoms with Gasteiger partial charge in [0.2, 0.25) is 0 Å². The number of esters is 4. The second kappa shape index (κ2) is 15.0. The zero-order valence-electron chi connectivity index (χ0n) is 32.3. The van der Waals surface area contributed by atoms with Crippen LogP contribution < -0.4 is 0 Å². The van der Waals surface area contributed by atoms with Crippen LogP contribution in [0.15, 0.2) is 102 Å². The Morgan fingerprint density at radius 3 is 1.82 bits per heavy atom. The van der Waals surface area contributed by atoms with E-state index < -0.39 is 76.9 Å². The molecule has 2 aliphatic carbocycles. The summed E-state index contributed by atoms with van der Waals surface area (Å²) in [6.07, 6.45) is -3.38. The van der Waals surface area contributed by atoms with Crippen molar-refractivity contribution >= 4 is 23.9 Å². The molecular weight excluding hydrogens is 700 g/mol. The predicted octanol–water partition coefficient (Wildman–Crippen LogP) is 6.92. The van der Waals surface area contributed by atoms with E-state index in [4.69, 9.17) is 28.4 Å². The summed E-state index contributed by atoms with van der Waals surface area (Å²) >= 11 is 0. The molecule has 2 heterocycles. The lowest BCUT2D eigenvalue weighted by Crippen LogP contribution is -2.55. The number of hydrogen-bond acceptors (Lipinski definition) is 10. The molecule has 0 bridgehead atoms. The SMILES string of the molecule is CC(=O)O[C@@H]1[C@@H](OC(=O)Cc2ccccc2)C2C(=C(C)C)[C@H](OC(=O)c3ccccc3)C[C@]2(C)[C@H](OC(=O)Cc2ccccc2)[C@@H]2O[C@@]2(C)CC[C@H]2O[C@@]12C. The van der Waals surface area contributed by atoms with Crippen molar-refractivity contribution in [1.29, 1.82) is 0 Å². The number of carbonyl (C=O) groups is 4. The Morgan fingerprint density at radius 1 is 0.691 bits per heavy atom. The maximum Gasteiger partial charge on any atom is 0.338 e. The quantitative estimate of drug-likeness (QED) is 0.0983. The normalized spacial score (nSPS) is 33.3. The van der Waals surface area contributed by atoms with E-state index in [9.17, 15) is 19.2 Å². The predicted molar refractivity (Wildman–Crippen MR) is 202 cm³/mol. The van der Waals surface area contributed by atoms with Gasteiger partial charge in [-0.15, -0.1) is 0 Å². The molecule has 0 amide bonds. The molecule has 2 saturated carbocycles. The molecule has 55 heavy (non-hydrogen) atoms. The van der Waals surface area contributed by atoms with Crippen molar-refractivity contribution < 1.29 is 47.6 Å². The lowest BCUT2D eigenvalue weighted by atomic mass is 9.67. The third-order valence-corrected chi connectivity index (χ3v) is 12.0. The average Bonchev–Trinajstić information content (AvgIpc) is 3.99. The first-order valence-electron chi connectivity index (χ1n) is 19.1. The number of allylic oxidation sites excluding steroid dienone is 1. The Hall–Kier alpha value is -4.80. The van der Waals surface area contributed by atoms with Crippen molar-refractivity contribution in [2.24, 2.45) is 11.3 Å². The molecule has 10 nitrogen and oxygen atoms in total. The van der Waals surface area contributed by atoms with Crippen LogP contribution in [0.1, 0.15) is 82.3 Å². The third kappa shape index (κ3) is 7.85. The summed E-state index contributed by atoms with van der Waals surface area (Å²) in [6, 6.07) is 27.4.